The number of nitrogens with one attached hydrogen (secondary N) is 1. The molecule has 0 amide bonds. The fourth-order valence-electron chi connectivity index (χ4n) is 2.39. The summed E-state index contributed by atoms with van der Waals surface area (Å²) in [7, 11) is -5.82. The molecule has 1 aliphatic heterocycles. The Labute approximate surface area is 142 Å². The molecule has 1 atom stereocenters. The van der Waals surface area contributed by atoms with Crippen molar-refractivity contribution in [2.45, 2.75) is 17.9 Å². The highest BCUT2D eigenvalue weighted by molar-refractivity contribution is 7.90. The Bertz CT molecular complexity index is 746. The van der Waals surface area contributed by atoms with Gasteiger partial charge in [-0.3, -0.25) is 0 Å². The zero-order chi connectivity index (χ0) is 17.8. The van der Waals surface area contributed by atoms with E-state index in [4.69, 9.17) is 9.47 Å². The molecule has 1 N–H and O–H groups in total. The van der Waals surface area contributed by atoms with E-state index in [-0.39, 0.29) is 29.8 Å². The van der Waals surface area contributed by atoms with E-state index in [0.29, 0.717) is 19.0 Å². The third-order valence-electron chi connectivity index (χ3n) is 3.69. The molecule has 1 aromatic carbocycles. The van der Waals surface area contributed by atoms with E-state index < -0.39 is 20.0 Å². The molecule has 0 radical (unpaired) electrons. The van der Waals surface area contributed by atoms with E-state index in [0.717, 1.165) is 0 Å². The first-order chi connectivity index (χ1) is 11.3. The SMILES string of the molecule is COc1ccc(S(=O)(=O)NCCS(=O)(=O)N2CCOCC2C)cc1. The van der Waals surface area contributed by atoms with E-state index in [1.807, 2.05) is 0 Å². The molecule has 8 nitrogen and oxygen atoms in total. The Morgan fingerprint density at radius 1 is 1.25 bits per heavy atom. The molecule has 136 valence electrons. The lowest BCUT2D eigenvalue weighted by atomic mass is 10.3. The van der Waals surface area contributed by atoms with Crippen molar-refractivity contribution in [3.8, 4) is 5.75 Å². The molecule has 1 saturated heterocycles. The normalized spacial score (nSPS) is 20.0. The largest absolute Gasteiger partial charge is 0.497 e. The predicted molar refractivity (Wildman–Crippen MR) is 89.0 cm³/mol. The second-order valence-corrected chi connectivity index (χ2v) is 9.23. The second-order valence-electron chi connectivity index (χ2n) is 5.42. The van der Waals surface area contributed by atoms with Crippen LogP contribution in [0.15, 0.2) is 29.2 Å². The van der Waals surface area contributed by atoms with Crippen molar-refractivity contribution in [1.82, 2.24) is 9.03 Å². The van der Waals surface area contributed by atoms with E-state index in [9.17, 15) is 16.8 Å². The number of hydrogen-bond donors (Lipinski definition) is 1. The predicted octanol–water partition coefficient (Wildman–Crippen LogP) is 0.0240. The lowest BCUT2D eigenvalue weighted by Crippen LogP contribution is -2.49. The highest BCUT2D eigenvalue weighted by Crippen LogP contribution is 2.16. The van der Waals surface area contributed by atoms with E-state index >= 15 is 0 Å². The maximum atomic E-state index is 12.3. The minimum absolute atomic E-state index is 0.0560. The number of hydrogen-bond acceptors (Lipinski definition) is 6. The number of sulfonamides is 2. The molecule has 0 bridgehead atoms. The van der Waals surface area contributed by atoms with Gasteiger partial charge in [0.05, 0.1) is 31.0 Å². The van der Waals surface area contributed by atoms with Crippen LogP contribution in [0.2, 0.25) is 0 Å². The van der Waals surface area contributed by atoms with Gasteiger partial charge in [-0.15, -0.1) is 0 Å². The van der Waals surface area contributed by atoms with Crippen molar-refractivity contribution >= 4 is 20.0 Å². The molecule has 10 heteroatoms. The summed E-state index contributed by atoms with van der Waals surface area (Å²) in [5.74, 6) is 0.241. The molecule has 1 unspecified atom stereocenters. The van der Waals surface area contributed by atoms with Crippen molar-refractivity contribution in [2.75, 3.05) is 39.2 Å². The minimum atomic E-state index is -3.77. The Kier molecular flexibility index (Phi) is 6.21. The van der Waals surface area contributed by atoms with Gasteiger partial charge in [0.2, 0.25) is 20.0 Å². The number of methoxy groups -OCH3 is 1. The fourth-order valence-corrected chi connectivity index (χ4v) is 5.10. The van der Waals surface area contributed by atoms with Crippen LogP contribution in [-0.4, -0.2) is 66.3 Å². The third-order valence-corrected chi connectivity index (χ3v) is 7.14. The molecule has 1 fully saturated rings. The average molecular weight is 378 g/mol. The molecule has 0 saturated carbocycles. The quantitative estimate of drug-likeness (QED) is 0.718. The van der Waals surface area contributed by atoms with Gasteiger partial charge in [0, 0.05) is 19.1 Å². The molecular formula is C14H22N2O6S2. The number of ether oxygens (including phenoxy) is 2. The smallest absolute Gasteiger partial charge is 0.240 e. The molecule has 0 aromatic heterocycles. The molecule has 1 heterocycles. The zero-order valence-electron chi connectivity index (χ0n) is 13.6. The lowest BCUT2D eigenvalue weighted by molar-refractivity contribution is 0.0393. The third kappa shape index (κ3) is 4.67. The van der Waals surface area contributed by atoms with Crippen molar-refractivity contribution < 1.29 is 26.3 Å². The highest BCUT2D eigenvalue weighted by atomic mass is 32.2. The summed E-state index contributed by atoms with van der Waals surface area (Å²) >= 11 is 0. The molecule has 0 spiro atoms. The summed E-state index contributed by atoms with van der Waals surface area (Å²) in [6, 6.07) is 5.61. The van der Waals surface area contributed by atoms with Crippen LogP contribution < -0.4 is 9.46 Å². The van der Waals surface area contributed by atoms with Gasteiger partial charge in [-0.05, 0) is 31.2 Å². The van der Waals surface area contributed by atoms with Gasteiger partial charge in [0.25, 0.3) is 0 Å². The van der Waals surface area contributed by atoms with Gasteiger partial charge < -0.3 is 9.47 Å². The van der Waals surface area contributed by atoms with Gasteiger partial charge in [-0.25, -0.2) is 21.6 Å². The summed E-state index contributed by atoms with van der Waals surface area (Å²) in [5, 5.41) is 0. The first kappa shape index (κ1) is 19.1. The monoisotopic (exact) mass is 378 g/mol. The molecule has 24 heavy (non-hydrogen) atoms. The van der Waals surface area contributed by atoms with Crippen LogP contribution in [-0.2, 0) is 24.8 Å². The maximum absolute atomic E-state index is 12.3. The molecular weight excluding hydrogens is 356 g/mol. The average Bonchev–Trinajstić information content (AvgIpc) is 2.54. The van der Waals surface area contributed by atoms with Crippen molar-refractivity contribution in [2.24, 2.45) is 0 Å². The van der Waals surface area contributed by atoms with E-state index in [2.05, 4.69) is 4.72 Å². The molecule has 1 aromatic rings. The summed E-state index contributed by atoms with van der Waals surface area (Å²) in [6.45, 7) is 2.55. The summed E-state index contributed by atoms with van der Waals surface area (Å²) in [5.41, 5.74) is 0. The maximum Gasteiger partial charge on any atom is 0.240 e. The number of morpholine rings is 1. The topological polar surface area (TPSA) is 102 Å². The van der Waals surface area contributed by atoms with Crippen LogP contribution in [0, 0.1) is 0 Å². The van der Waals surface area contributed by atoms with Gasteiger partial charge in [-0.1, -0.05) is 0 Å². The highest BCUT2D eigenvalue weighted by Gasteiger charge is 2.30. The fraction of sp³-hybridized carbons (Fsp3) is 0.571. The molecule has 1 aliphatic rings. The summed E-state index contributed by atoms with van der Waals surface area (Å²) in [4.78, 5) is 0.0560. The van der Waals surface area contributed by atoms with E-state index in [1.54, 1.807) is 6.92 Å². The number of nitrogens with zero attached hydrogens (tertiary/aromatic N) is 1. The van der Waals surface area contributed by atoms with Gasteiger partial charge in [0.15, 0.2) is 0 Å². The van der Waals surface area contributed by atoms with Crippen LogP contribution in [0.5, 0.6) is 5.75 Å². The second kappa shape index (κ2) is 7.79. The van der Waals surface area contributed by atoms with Gasteiger partial charge in [0.1, 0.15) is 5.75 Å². The van der Waals surface area contributed by atoms with Crippen molar-refractivity contribution in [3.05, 3.63) is 24.3 Å². The Morgan fingerprint density at radius 3 is 2.50 bits per heavy atom. The van der Waals surface area contributed by atoms with E-state index in [1.165, 1.54) is 35.7 Å². The first-order valence-electron chi connectivity index (χ1n) is 7.47. The Hall–Kier alpha value is -1.20. The van der Waals surface area contributed by atoms with Crippen molar-refractivity contribution in [1.29, 1.82) is 0 Å². The Morgan fingerprint density at radius 2 is 1.92 bits per heavy atom. The van der Waals surface area contributed by atoms with Crippen LogP contribution in [0.25, 0.3) is 0 Å². The minimum Gasteiger partial charge on any atom is -0.497 e. The van der Waals surface area contributed by atoms with Crippen LogP contribution in [0.1, 0.15) is 6.92 Å². The van der Waals surface area contributed by atoms with Crippen molar-refractivity contribution in [3.63, 3.8) is 0 Å². The van der Waals surface area contributed by atoms with Crippen LogP contribution in [0.3, 0.4) is 0 Å². The first-order valence-corrected chi connectivity index (χ1v) is 10.6. The zero-order valence-corrected chi connectivity index (χ0v) is 15.3. The summed E-state index contributed by atoms with van der Waals surface area (Å²) in [6.07, 6.45) is 0. The van der Waals surface area contributed by atoms with Gasteiger partial charge in [-0.2, -0.15) is 4.31 Å². The van der Waals surface area contributed by atoms with Crippen LogP contribution in [0.4, 0.5) is 0 Å². The number of benzene rings is 1. The molecule has 0 aliphatic carbocycles. The molecule has 2 rings (SSSR count). The number of rotatable bonds is 7. The summed E-state index contributed by atoms with van der Waals surface area (Å²) < 4.78 is 62.9. The van der Waals surface area contributed by atoms with Gasteiger partial charge >= 0.3 is 0 Å². The Balaban J connectivity index is 1.96. The standard InChI is InChI=1S/C14H22N2O6S2/c1-12-11-22-9-8-16(12)23(17,18)10-7-15-24(19,20)14-5-3-13(21-2)4-6-14/h3-6,12,15H,7-11H2,1-2H3. The van der Waals surface area contributed by atoms with Crippen LogP contribution >= 0.6 is 0 Å². The lowest BCUT2D eigenvalue weighted by Gasteiger charge is -2.32.